The molecule has 2 aliphatic rings. The highest BCUT2D eigenvalue weighted by Crippen LogP contribution is 2.39. The maximum atomic E-state index is 12.7. The highest BCUT2D eigenvalue weighted by Gasteiger charge is 2.41. The molecule has 3 heterocycles. The maximum absolute atomic E-state index is 12.7. The van der Waals surface area contributed by atoms with Gasteiger partial charge in [0.25, 0.3) is 5.91 Å². The van der Waals surface area contributed by atoms with Gasteiger partial charge in [0, 0.05) is 12.1 Å². The van der Waals surface area contributed by atoms with Crippen LogP contribution in [0.2, 0.25) is 0 Å². The first kappa shape index (κ1) is 13.3. The summed E-state index contributed by atoms with van der Waals surface area (Å²) < 4.78 is 5.15. The van der Waals surface area contributed by atoms with Crippen LogP contribution in [-0.4, -0.2) is 28.0 Å². The van der Waals surface area contributed by atoms with E-state index in [2.05, 4.69) is 35.5 Å². The van der Waals surface area contributed by atoms with Crippen molar-refractivity contribution in [3.8, 4) is 0 Å². The summed E-state index contributed by atoms with van der Waals surface area (Å²) >= 11 is 0. The van der Waals surface area contributed by atoms with E-state index in [1.807, 2.05) is 17.9 Å². The minimum absolute atomic E-state index is 0.0311. The first-order chi connectivity index (χ1) is 10.7. The average Bonchev–Trinajstić information content (AvgIpc) is 3.09. The average molecular weight is 294 g/mol. The van der Waals surface area contributed by atoms with Crippen molar-refractivity contribution in [1.29, 1.82) is 0 Å². The standard InChI is InChI=1S/C18H18N2O2/c1-12-9-17(22-19-12)18(21)20-15-7-8-16(20)11-14(10-15)13-5-3-2-4-6-13/h2-6,9-10,15-16H,7-8,11H2,1H3/t15-,16-/m1/s1. The Balaban J connectivity index is 1.63. The van der Waals surface area contributed by atoms with Crippen molar-refractivity contribution < 1.29 is 9.32 Å². The zero-order valence-corrected chi connectivity index (χ0v) is 12.5. The SMILES string of the molecule is Cc1cc(C(=O)N2[C@@H]3CC[C@@H]2C=C(c2ccccc2)C3)on1. The van der Waals surface area contributed by atoms with Crippen LogP contribution in [0.3, 0.4) is 0 Å². The number of aryl methyl sites for hydroxylation is 1. The van der Waals surface area contributed by atoms with E-state index < -0.39 is 0 Å². The van der Waals surface area contributed by atoms with Crippen molar-refractivity contribution in [2.24, 2.45) is 0 Å². The molecule has 0 unspecified atom stereocenters. The predicted octanol–water partition coefficient (Wildman–Crippen LogP) is 3.44. The number of aromatic nitrogens is 1. The molecule has 2 bridgehead atoms. The van der Waals surface area contributed by atoms with E-state index in [1.165, 1.54) is 11.1 Å². The Morgan fingerprint density at radius 2 is 2.09 bits per heavy atom. The van der Waals surface area contributed by atoms with Crippen LogP contribution in [0.5, 0.6) is 0 Å². The van der Waals surface area contributed by atoms with Gasteiger partial charge in [0.05, 0.1) is 11.7 Å². The van der Waals surface area contributed by atoms with Crippen molar-refractivity contribution in [2.75, 3.05) is 0 Å². The van der Waals surface area contributed by atoms with Crippen LogP contribution in [0.1, 0.15) is 41.1 Å². The number of benzene rings is 1. The van der Waals surface area contributed by atoms with Gasteiger partial charge in [-0.2, -0.15) is 0 Å². The zero-order valence-electron chi connectivity index (χ0n) is 12.5. The molecule has 1 fully saturated rings. The Morgan fingerprint density at radius 3 is 2.77 bits per heavy atom. The molecular formula is C18H18N2O2. The van der Waals surface area contributed by atoms with Gasteiger partial charge < -0.3 is 9.42 Å². The third kappa shape index (κ3) is 2.15. The summed E-state index contributed by atoms with van der Waals surface area (Å²) in [5.74, 6) is 0.322. The molecule has 0 saturated carbocycles. The molecule has 1 aromatic heterocycles. The Bertz CT molecular complexity index is 733. The normalized spacial score (nSPS) is 23.5. The minimum atomic E-state index is -0.0311. The lowest BCUT2D eigenvalue weighted by Crippen LogP contribution is -2.42. The van der Waals surface area contributed by atoms with Gasteiger partial charge in [-0.25, -0.2) is 0 Å². The second-order valence-corrected chi connectivity index (χ2v) is 6.11. The van der Waals surface area contributed by atoms with Gasteiger partial charge in [-0.3, -0.25) is 4.79 Å². The van der Waals surface area contributed by atoms with E-state index in [0.717, 1.165) is 25.0 Å². The van der Waals surface area contributed by atoms with Gasteiger partial charge in [-0.05, 0) is 37.3 Å². The molecule has 4 rings (SSSR count). The van der Waals surface area contributed by atoms with Crippen molar-refractivity contribution in [3.05, 3.63) is 59.5 Å². The van der Waals surface area contributed by atoms with Crippen LogP contribution in [0.15, 0.2) is 47.0 Å². The monoisotopic (exact) mass is 294 g/mol. The number of fused-ring (bicyclic) bond motifs is 2. The quantitative estimate of drug-likeness (QED) is 0.852. The minimum Gasteiger partial charge on any atom is -0.351 e. The van der Waals surface area contributed by atoms with E-state index >= 15 is 0 Å². The van der Waals surface area contributed by atoms with Crippen LogP contribution in [0.4, 0.5) is 0 Å². The highest BCUT2D eigenvalue weighted by molar-refractivity contribution is 5.93. The molecule has 2 aliphatic heterocycles. The third-order valence-electron chi connectivity index (χ3n) is 4.61. The molecule has 1 amide bonds. The van der Waals surface area contributed by atoms with Gasteiger partial charge in [0.1, 0.15) is 0 Å². The number of nitrogens with zero attached hydrogens (tertiary/aromatic N) is 2. The summed E-state index contributed by atoms with van der Waals surface area (Å²) in [6, 6.07) is 12.6. The molecule has 22 heavy (non-hydrogen) atoms. The van der Waals surface area contributed by atoms with Crippen molar-refractivity contribution >= 4 is 11.5 Å². The molecule has 0 N–H and O–H groups in total. The predicted molar refractivity (Wildman–Crippen MR) is 83.3 cm³/mol. The number of amides is 1. The van der Waals surface area contributed by atoms with Gasteiger partial charge in [-0.15, -0.1) is 0 Å². The molecule has 1 saturated heterocycles. The van der Waals surface area contributed by atoms with E-state index in [-0.39, 0.29) is 18.0 Å². The second kappa shape index (κ2) is 5.13. The molecule has 2 aromatic rings. The molecular weight excluding hydrogens is 276 g/mol. The van der Waals surface area contributed by atoms with Crippen molar-refractivity contribution in [3.63, 3.8) is 0 Å². The number of hydrogen-bond acceptors (Lipinski definition) is 3. The first-order valence-corrected chi connectivity index (χ1v) is 7.74. The van der Waals surface area contributed by atoms with Crippen molar-refractivity contribution in [1.82, 2.24) is 10.1 Å². The van der Waals surface area contributed by atoms with E-state index in [9.17, 15) is 4.79 Å². The van der Waals surface area contributed by atoms with Gasteiger partial charge in [-0.1, -0.05) is 41.6 Å². The van der Waals surface area contributed by atoms with E-state index in [1.54, 1.807) is 6.07 Å². The summed E-state index contributed by atoms with van der Waals surface area (Å²) in [5.41, 5.74) is 3.36. The molecule has 1 aromatic carbocycles. The molecule has 0 radical (unpaired) electrons. The fourth-order valence-corrected chi connectivity index (χ4v) is 3.60. The summed E-state index contributed by atoms with van der Waals surface area (Å²) in [6.07, 6.45) is 5.25. The smallest absolute Gasteiger partial charge is 0.293 e. The Labute approximate surface area is 129 Å². The first-order valence-electron chi connectivity index (χ1n) is 7.74. The maximum Gasteiger partial charge on any atom is 0.293 e. The van der Waals surface area contributed by atoms with E-state index in [0.29, 0.717) is 5.76 Å². The van der Waals surface area contributed by atoms with Crippen LogP contribution in [-0.2, 0) is 0 Å². The van der Waals surface area contributed by atoms with E-state index in [4.69, 9.17) is 4.52 Å². The summed E-state index contributed by atoms with van der Waals surface area (Å²) in [5, 5.41) is 3.83. The Morgan fingerprint density at radius 1 is 1.27 bits per heavy atom. The van der Waals surface area contributed by atoms with Crippen LogP contribution >= 0.6 is 0 Å². The molecule has 0 spiro atoms. The Kier molecular flexibility index (Phi) is 3.10. The van der Waals surface area contributed by atoms with Crippen molar-refractivity contribution in [2.45, 2.75) is 38.3 Å². The van der Waals surface area contributed by atoms with Gasteiger partial charge in [0.2, 0.25) is 5.76 Å². The largest absolute Gasteiger partial charge is 0.351 e. The summed E-state index contributed by atoms with van der Waals surface area (Å²) in [4.78, 5) is 14.7. The van der Waals surface area contributed by atoms with Gasteiger partial charge >= 0.3 is 0 Å². The van der Waals surface area contributed by atoms with Crippen LogP contribution in [0, 0.1) is 6.92 Å². The van der Waals surface area contributed by atoms with Crippen LogP contribution in [0.25, 0.3) is 5.57 Å². The molecule has 0 aliphatic carbocycles. The van der Waals surface area contributed by atoms with Crippen LogP contribution < -0.4 is 0 Å². The summed E-state index contributed by atoms with van der Waals surface area (Å²) in [6.45, 7) is 1.83. The number of carbonyl (C=O) groups is 1. The molecule has 4 nitrogen and oxygen atoms in total. The number of carbonyl (C=O) groups excluding carboxylic acids is 1. The molecule has 112 valence electrons. The third-order valence-corrected chi connectivity index (χ3v) is 4.61. The number of rotatable bonds is 2. The second-order valence-electron chi connectivity index (χ2n) is 6.11. The molecule has 2 atom stereocenters. The Hall–Kier alpha value is -2.36. The fourth-order valence-electron chi connectivity index (χ4n) is 3.60. The lowest BCUT2D eigenvalue weighted by atomic mass is 9.94. The lowest BCUT2D eigenvalue weighted by Gasteiger charge is -2.33. The number of hydrogen-bond donors (Lipinski definition) is 0. The molecule has 4 heteroatoms. The highest BCUT2D eigenvalue weighted by atomic mass is 16.5. The lowest BCUT2D eigenvalue weighted by molar-refractivity contribution is 0.0649. The van der Waals surface area contributed by atoms with Gasteiger partial charge in [0.15, 0.2) is 0 Å². The zero-order chi connectivity index (χ0) is 15.1. The summed E-state index contributed by atoms with van der Waals surface area (Å²) in [7, 11) is 0. The fraction of sp³-hybridized carbons (Fsp3) is 0.333. The topological polar surface area (TPSA) is 46.3 Å².